The monoisotopic (exact) mass is 324 g/mol. The predicted molar refractivity (Wildman–Crippen MR) is 89.7 cm³/mol. The predicted octanol–water partition coefficient (Wildman–Crippen LogP) is 1.88. The molecular formula is C18H29FN2O2. The Morgan fingerprint density at radius 2 is 1.43 bits per heavy atom. The van der Waals surface area contributed by atoms with Gasteiger partial charge in [0.25, 0.3) is 0 Å². The highest BCUT2D eigenvalue weighted by atomic mass is 19.1. The van der Waals surface area contributed by atoms with Crippen LogP contribution in [0.5, 0.6) is 0 Å². The number of hydrogen-bond acceptors (Lipinski definition) is 4. The Morgan fingerprint density at radius 1 is 0.957 bits per heavy atom. The van der Waals surface area contributed by atoms with Crippen molar-refractivity contribution in [1.29, 1.82) is 0 Å². The molecule has 0 bridgehead atoms. The molecule has 0 spiro atoms. The maximum absolute atomic E-state index is 12.9. The van der Waals surface area contributed by atoms with E-state index in [1.165, 1.54) is 12.1 Å². The van der Waals surface area contributed by atoms with Gasteiger partial charge < -0.3 is 10.2 Å². The summed E-state index contributed by atoms with van der Waals surface area (Å²) in [6, 6.07) is 6.03. The molecule has 2 N–H and O–H groups in total. The lowest BCUT2D eigenvalue weighted by molar-refractivity contribution is 0.00718. The summed E-state index contributed by atoms with van der Waals surface area (Å²) in [7, 11) is 0. The van der Waals surface area contributed by atoms with Gasteiger partial charge in [-0.15, -0.1) is 0 Å². The second-order valence-electron chi connectivity index (χ2n) is 7.55. The second kappa shape index (κ2) is 7.71. The summed E-state index contributed by atoms with van der Waals surface area (Å²) in [6.45, 7) is 10.9. The third-order valence-electron chi connectivity index (χ3n) is 4.58. The first-order valence-electron chi connectivity index (χ1n) is 8.32. The minimum Gasteiger partial charge on any atom is -0.391 e. The van der Waals surface area contributed by atoms with Crippen molar-refractivity contribution in [3.8, 4) is 0 Å². The standard InChI is InChI=1S/C18H29FN2O2/c1-18(2,3)17(23)13-21-10-8-20(9-11-21)12-16(22)14-4-6-15(19)7-5-14/h4-7,16-17,22-23H,8-13H2,1-3H3/t16-,17-/m1/s1. The van der Waals surface area contributed by atoms with E-state index in [2.05, 4.69) is 9.80 Å². The van der Waals surface area contributed by atoms with Gasteiger partial charge in [-0.1, -0.05) is 32.9 Å². The first-order valence-corrected chi connectivity index (χ1v) is 8.32. The highest BCUT2D eigenvalue weighted by molar-refractivity contribution is 5.18. The van der Waals surface area contributed by atoms with E-state index in [-0.39, 0.29) is 17.3 Å². The van der Waals surface area contributed by atoms with Gasteiger partial charge in [0.1, 0.15) is 5.82 Å². The van der Waals surface area contributed by atoms with E-state index in [1.54, 1.807) is 12.1 Å². The van der Waals surface area contributed by atoms with Crippen LogP contribution < -0.4 is 0 Å². The molecule has 0 saturated carbocycles. The Balaban J connectivity index is 1.77. The minimum absolute atomic E-state index is 0.101. The van der Waals surface area contributed by atoms with E-state index < -0.39 is 6.10 Å². The topological polar surface area (TPSA) is 46.9 Å². The summed E-state index contributed by atoms with van der Waals surface area (Å²) in [5.41, 5.74) is 0.646. The number of hydrogen-bond donors (Lipinski definition) is 2. The van der Waals surface area contributed by atoms with Gasteiger partial charge in [-0.3, -0.25) is 9.80 Å². The normalized spacial score (nSPS) is 20.4. The fraction of sp³-hybridized carbons (Fsp3) is 0.667. The molecular weight excluding hydrogens is 295 g/mol. The molecule has 0 amide bonds. The summed E-state index contributed by atoms with van der Waals surface area (Å²) in [5, 5.41) is 20.5. The Labute approximate surface area is 138 Å². The van der Waals surface area contributed by atoms with Crippen molar-refractivity contribution in [2.75, 3.05) is 39.3 Å². The zero-order valence-electron chi connectivity index (χ0n) is 14.4. The quantitative estimate of drug-likeness (QED) is 0.868. The number of β-amino-alcohol motifs (C(OH)–C–C–N with tert-alkyl or cyclic N) is 2. The van der Waals surface area contributed by atoms with Crippen molar-refractivity contribution in [2.45, 2.75) is 33.0 Å². The first-order chi connectivity index (χ1) is 10.8. The van der Waals surface area contributed by atoms with Gasteiger partial charge in [0.2, 0.25) is 0 Å². The van der Waals surface area contributed by atoms with Crippen LogP contribution in [0.2, 0.25) is 0 Å². The van der Waals surface area contributed by atoms with Crippen molar-refractivity contribution in [1.82, 2.24) is 9.80 Å². The Hall–Kier alpha value is -1.01. The molecule has 2 rings (SSSR count). The number of aliphatic hydroxyl groups excluding tert-OH is 2. The van der Waals surface area contributed by atoms with Crippen LogP contribution in [0, 0.1) is 11.2 Å². The lowest BCUT2D eigenvalue weighted by Gasteiger charge is -2.38. The van der Waals surface area contributed by atoms with Crippen molar-refractivity contribution in [2.24, 2.45) is 5.41 Å². The van der Waals surface area contributed by atoms with Gasteiger partial charge in [0.15, 0.2) is 0 Å². The zero-order valence-corrected chi connectivity index (χ0v) is 14.4. The van der Waals surface area contributed by atoms with Gasteiger partial charge in [0.05, 0.1) is 12.2 Å². The van der Waals surface area contributed by atoms with Crippen molar-refractivity contribution in [3.63, 3.8) is 0 Å². The van der Waals surface area contributed by atoms with E-state index >= 15 is 0 Å². The molecule has 0 aliphatic carbocycles. The molecule has 23 heavy (non-hydrogen) atoms. The van der Waals surface area contributed by atoms with Gasteiger partial charge in [-0.2, -0.15) is 0 Å². The molecule has 4 nitrogen and oxygen atoms in total. The molecule has 1 heterocycles. The molecule has 130 valence electrons. The SMILES string of the molecule is CC(C)(C)[C@H](O)CN1CCN(C[C@@H](O)c2ccc(F)cc2)CC1. The average Bonchev–Trinajstić information content (AvgIpc) is 2.49. The van der Waals surface area contributed by atoms with Crippen LogP contribution in [-0.2, 0) is 0 Å². The van der Waals surface area contributed by atoms with Gasteiger partial charge >= 0.3 is 0 Å². The van der Waals surface area contributed by atoms with Gasteiger partial charge in [-0.05, 0) is 23.1 Å². The van der Waals surface area contributed by atoms with Crippen LogP contribution in [0.15, 0.2) is 24.3 Å². The van der Waals surface area contributed by atoms with Crippen LogP contribution in [0.25, 0.3) is 0 Å². The van der Waals surface area contributed by atoms with Crippen molar-refractivity contribution >= 4 is 0 Å². The number of halogens is 1. The Morgan fingerprint density at radius 3 is 1.91 bits per heavy atom. The summed E-state index contributed by atoms with van der Waals surface area (Å²) >= 11 is 0. The number of aliphatic hydroxyl groups is 2. The van der Waals surface area contributed by atoms with E-state index in [4.69, 9.17) is 0 Å². The van der Waals surface area contributed by atoms with Crippen molar-refractivity contribution < 1.29 is 14.6 Å². The zero-order chi connectivity index (χ0) is 17.0. The fourth-order valence-corrected chi connectivity index (χ4v) is 2.71. The third kappa shape index (κ3) is 5.53. The molecule has 1 fully saturated rings. The van der Waals surface area contributed by atoms with E-state index in [0.29, 0.717) is 13.1 Å². The Kier molecular flexibility index (Phi) is 6.14. The molecule has 1 saturated heterocycles. The van der Waals surface area contributed by atoms with Crippen molar-refractivity contribution in [3.05, 3.63) is 35.6 Å². The fourth-order valence-electron chi connectivity index (χ4n) is 2.71. The highest BCUT2D eigenvalue weighted by Gasteiger charge is 2.27. The summed E-state index contributed by atoms with van der Waals surface area (Å²) in [4.78, 5) is 4.49. The number of benzene rings is 1. The number of rotatable bonds is 5. The summed E-state index contributed by atoms with van der Waals surface area (Å²) in [5.74, 6) is -0.285. The second-order valence-corrected chi connectivity index (χ2v) is 7.55. The molecule has 0 aromatic heterocycles. The van der Waals surface area contributed by atoms with Crippen LogP contribution in [-0.4, -0.2) is 65.4 Å². The molecule has 5 heteroatoms. The van der Waals surface area contributed by atoms with E-state index in [9.17, 15) is 14.6 Å². The largest absolute Gasteiger partial charge is 0.391 e. The van der Waals surface area contributed by atoms with Crippen LogP contribution in [0.1, 0.15) is 32.4 Å². The van der Waals surface area contributed by atoms with Gasteiger partial charge in [0, 0.05) is 39.3 Å². The first kappa shape index (κ1) is 18.3. The molecule has 2 atom stereocenters. The molecule has 1 aromatic carbocycles. The molecule has 1 aliphatic heterocycles. The van der Waals surface area contributed by atoms with Crippen LogP contribution in [0.4, 0.5) is 4.39 Å². The van der Waals surface area contributed by atoms with Crippen LogP contribution in [0.3, 0.4) is 0 Å². The molecule has 0 radical (unpaired) electrons. The van der Waals surface area contributed by atoms with E-state index in [1.807, 2.05) is 20.8 Å². The van der Waals surface area contributed by atoms with Crippen LogP contribution >= 0.6 is 0 Å². The van der Waals surface area contributed by atoms with Gasteiger partial charge in [-0.25, -0.2) is 4.39 Å². The minimum atomic E-state index is -0.595. The lowest BCUT2D eigenvalue weighted by atomic mass is 9.89. The molecule has 1 aliphatic rings. The lowest BCUT2D eigenvalue weighted by Crippen LogP contribution is -2.50. The van der Waals surface area contributed by atoms with E-state index in [0.717, 1.165) is 31.7 Å². The smallest absolute Gasteiger partial charge is 0.123 e. The Bertz CT molecular complexity index is 479. The molecule has 1 aromatic rings. The summed E-state index contributed by atoms with van der Waals surface area (Å²) < 4.78 is 12.9. The number of piperazine rings is 1. The average molecular weight is 324 g/mol. The maximum atomic E-state index is 12.9. The molecule has 0 unspecified atom stereocenters. The third-order valence-corrected chi connectivity index (χ3v) is 4.58. The summed E-state index contributed by atoms with van der Waals surface area (Å²) in [6.07, 6.45) is -0.929. The maximum Gasteiger partial charge on any atom is 0.123 e. The highest BCUT2D eigenvalue weighted by Crippen LogP contribution is 2.21. The number of nitrogens with zero attached hydrogens (tertiary/aromatic N) is 2.